The van der Waals surface area contributed by atoms with Crippen LogP contribution in [0.25, 0.3) is 0 Å². The zero-order valence-corrected chi connectivity index (χ0v) is 8.16. The minimum Gasteiger partial charge on any atom is -0.380 e. The molecule has 1 saturated heterocycles. The molecule has 3 heteroatoms. The lowest BCUT2D eigenvalue weighted by atomic mass is 9.84. The van der Waals surface area contributed by atoms with Crippen LogP contribution in [0, 0.1) is 5.92 Å². The average molecular weight is 183 g/mol. The van der Waals surface area contributed by atoms with Gasteiger partial charge >= 0.3 is 0 Å². The highest BCUT2D eigenvalue weighted by Crippen LogP contribution is 2.29. The van der Waals surface area contributed by atoms with Gasteiger partial charge in [0.05, 0.1) is 6.10 Å². The third kappa shape index (κ3) is 1.70. The molecular weight excluding hydrogens is 166 g/mol. The lowest BCUT2D eigenvalue weighted by Gasteiger charge is -2.28. The fourth-order valence-electron chi connectivity index (χ4n) is 2.03. The molecule has 1 aliphatic heterocycles. The van der Waals surface area contributed by atoms with Crippen LogP contribution in [0.4, 0.5) is 0 Å². The topological polar surface area (TPSA) is 29.5 Å². The number of amides is 1. The van der Waals surface area contributed by atoms with Crippen LogP contribution in [0.3, 0.4) is 0 Å². The highest BCUT2D eigenvalue weighted by atomic mass is 16.5. The predicted molar refractivity (Wildman–Crippen MR) is 49.3 cm³/mol. The van der Waals surface area contributed by atoms with Crippen molar-refractivity contribution in [2.75, 3.05) is 20.2 Å². The zero-order valence-electron chi connectivity index (χ0n) is 8.16. The molecule has 0 radical (unpaired) electrons. The van der Waals surface area contributed by atoms with E-state index in [0.717, 1.165) is 32.4 Å². The Kier molecular flexibility index (Phi) is 2.54. The third-order valence-electron chi connectivity index (χ3n) is 3.24. The first-order chi connectivity index (χ1) is 6.31. The minimum atomic E-state index is 0.282. The van der Waals surface area contributed by atoms with Crippen molar-refractivity contribution in [1.29, 1.82) is 0 Å². The van der Waals surface area contributed by atoms with Crippen LogP contribution in [0.5, 0.6) is 0 Å². The molecule has 0 bridgehead atoms. The number of ether oxygens (including phenoxy) is 1. The summed E-state index contributed by atoms with van der Waals surface area (Å²) >= 11 is 0. The summed E-state index contributed by atoms with van der Waals surface area (Å²) < 4.78 is 5.23. The average Bonchev–Trinajstić information content (AvgIpc) is 2.48. The highest BCUT2D eigenvalue weighted by molar-refractivity contribution is 5.79. The van der Waals surface area contributed by atoms with E-state index in [1.807, 2.05) is 4.90 Å². The van der Waals surface area contributed by atoms with Crippen LogP contribution in [0.1, 0.15) is 25.7 Å². The van der Waals surface area contributed by atoms with E-state index in [9.17, 15) is 4.79 Å². The van der Waals surface area contributed by atoms with Gasteiger partial charge in [0, 0.05) is 26.1 Å². The lowest BCUT2D eigenvalue weighted by Crippen LogP contribution is -2.37. The Morgan fingerprint density at radius 2 is 2.15 bits per heavy atom. The van der Waals surface area contributed by atoms with Crippen LogP contribution < -0.4 is 0 Å². The van der Waals surface area contributed by atoms with Gasteiger partial charge in [0.25, 0.3) is 0 Å². The molecule has 0 N–H and O–H groups in total. The van der Waals surface area contributed by atoms with E-state index < -0.39 is 0 Å². The summed E-state index contributed by atoms with van der Waals surface area (Å²) in [6.45, 7) is 1.71. The number of hydrogen-bond donors (Lipinski definition) is 0. The molecule has 0 aromatic heterocycles. The first-order valence-corrected chi connectivity index (χ1v) is 5.13. The molecule has 2 aliphatic rings. The number of rotatable bonds is 2. The largest absolute Gasteiger partial charge is 0.380 e. The molecule has 13 heavy (non-hydrogen) atoms. The number of carbonyl (C=O) groups excluding carboxylic acids is 1. The van der Waals surface area contributed by atoms with Crippen LogP contribution in [-0.4, -0.2) is 37.1 Å². The van der Waals surface area contributed by atoms with Gasteiger partial charge in [0.1, 0.15) is 0 Å². The Bertz CT molecular complexity index is 201. The van der Waals surface area contributed by atoms with Crippen LogP contribution in [0.15, 0.2) is 0 Å². The van der Waals surface area contributed by atoms with Gasteiger partial charge in [-0.1, -0.05) is 6.42 Å². The van der Waals surface area contributed by atoms with Crippen LogP contribution in [0.2, 0.25) is 0 Å². The summed E-state index contributed by atoms with van der Waals surface area (Å²) in [5, 5.41) is 0. The van der Waals surface area contributed by atoms with Crippen molar-refractivity contribution >= 4 is 5.91 Å². The van der Waals surface area contributed by atoms with E-state index in [4.69, 9.17) is 4.74 Å². The number of carbonyl (C=O) groups is 1. The zero-order chi connectivity index (χ0) is 9.26. The molecule has 2 rings (SSSR count). The maximum absolute atomic E-state index is 11.8. The molecule has 74 valence electrons. The van der Waals surface area contributed by atoms with Crippen molar-refractivity contribution in [2.45, 2.75) is 31.8 Å². The van der Waals surface area contributed by atoms with Gasteiger partial charge in [-0.05, 0) is 19.3 Å². The number of likely N-dealkylation sites (tertiary alicyclic amines) is 1. The van der Waals surface area contributed by atoms with Gasteiger partial charge in [-0.2, -0.15) is 0 Å². The monoisotopic (exact) mass is 183 g/mol. The molecular formula is C10H17NO2. The summed E-state index contributed by atoms with van der Waals surface area (Å²) in [5.41, 5.74) is 0. The number of methoxy groups -OCH3 is 1. The minimum absolute atomic E-state index is 0.282. The van der Waals surface area contributed by atoms with E-state index in [1.165, 1.54) is 6.42 Å². The summed E-state index contributed by atoms with van der Waals surface area (Å²) in [7, 11) is 1.72. The van der Waals surface area contributed by atoms with Crippen molar-refractivity contribution in [3.63, 3.8) is 0 Å². The Labute approximate surface area is 79.0 Å². The molecule has 1 saturated carbocycles. The Morgan fingerprint density at radius 1 is 1.38 bits per heavy atom. The number of nitrogens with zero attached hydrogens (tertiary/aromatic N) is 1. The smallest absolute Gasteiger partial charge is 0.225 e. The second-order valence-electron chi connectivity index (χ2n) is 4.06. The molecule has 2 fully saturated rings. The van der Waals surface area contributed by atoms with Gasteiger partial charge in [-0.3, -0.25) is 4.79 Å². The Hall–Kier alpha value is -0.570. The quantitative estimate of drug-likeness (QED) is 0.640. The van der Waals surface area contributed by atoms with Gasteiger partial charge in [-0.15, -0.1) is 0 Å². The first kappa shape index (κ1) is 9.00. The molecule has 1 aliphatic carbocycles. The highest BCUT2D eigenvalue weighted by Gasteiger charge is 2.33. The van der Waals surface area contributed by atoms with E-state index >= 15 is 0 Å². The summed E-state index contributed by atoms with van der Waals surface area (Å²) in [6.07, 6.45) is 4.73. The van der Waals surface area contributed by atoms with Gasteiger partial charge in [-0.25, -0.2) is 0 Å². The maximum atomic E-state index is 11.8. The van der Waals surface area contributed by atoms with Gasteiger partial charge in [0.2, 0.25) is 5.91 Å². The van der Waals surface area contributed by atoms with E-state index in [0.29, 0.717) is 11.8 Å². The summed E-state index contributed by atoms with van der Waals surface area (Å²) in [5.74, 6) is 0.710. The van der Waals surface area contributed by atoms with Crippen molar-refractivity contribution in [1.82, 2.24) is 4.90 Å². The molecule has 0 aromatic carbocycles. The van der Waals surface area contributed by atoms with Crippen LogP contribution >= 0.6 is 0 Å². The van der Waals surface area contributed by atoms with Crippen LogP contribution in [-0.2, 0) is 9.53 Å². The Balaban J connectivity index is 1.84. The van der Waals surface area contributed by atoms with Crippen molar-refractivity contribution < 1.29 is 9.53 Å². The normalized spacial score (nSPS) is 29.0. The Morgan fingerprint density at radius 3 is 2.62 bits per heavy atom. The predicted octanol–water partition coefficient (Wildman–Crippen LogP) is 1.03. The molecule has 0 aromatic rings. The summed E-state index contributed by atoms with van der Waals surface area (Å²) in [6, 6.07) is 0. The molecule has 0 spiro atoms. The third-order valence-corrected chi connectivity index (χ3v) is 3.24. The fraction of sp³-hybridized carbons (Fsp3) is 0.900. The van der Waals surface area contributed by atoms with Crippen molar-refractivity contribution in [3.8, 4) is 0 Å². The van der Waals surface area contributed by atoms with E-state index in [1.54, 1.807) is 7.11 Å². The molecule has 1 atom stereocenters. The molecule has 1 amide bonds. The van der Waals surface area contributed by atoms with Gasteiger partial charge in [0.15, 0.2) is 0 Å². The van der Waals surface area contributed by atoms with E-state index in [-0.39, 0.29) is 6.10 Å². The second kappa shape index (κ2) is 3.66. The number of hydrogen-bond acceptors (Lipinski definition) is 2. The molecule has 3 nitrogen and oxygen atoms in total. The second-order valence-corrected chi connectivity index (χ2v) is 4.06. The summed E-state index contributed by atoms with van der Waals surface area (Å²) in [4.78, 5) is 13.7. The van der Waals surface area contributed by atoms with E-state index in [2.05, 4.69) is 0 Å². The molecule has 0 unspecified atom stereocenters. The van der Waals surface area contributed by atoms with Gasteiger partial charge < -0.3 is 9.64 Å². The van der Waals surface area contributed by atoms with Crippen molar-refractivity contribution in [2.24, 2.45) is 5.92 Å². The van der Waals surface area contributed by atoms with Crippen molar-refractivity contribution in [3.05, 3.63) is 0 Å². The molecule has 1 heterocycles. The lowest BCUT2D eigenvalue weighted by molar-refractivity contribution is -0.137. The SMILES string of the molecule is CO[C@H]1CCN(C(=O)C2CCC2)C1. The first-order valence-electron chi connectivity index (χ1n) is 5.13. The fourth-order valence-corrected chi connectivity index (χ4v) is 2.03. The maximum Gasteiger partial charge on any atom is 0.225 e. The standard InChI is InChI=1S/C10H17NO2/c1-13-9-5-6-11(7-9)10(12)8-3-2-4-8/h8-9H,2-7H2,1H3/t9-/m0/s1.